The Morgan fingerprint density at radius 3 is 2.03 bits per heavy atom. The van der Waals surface area contributed by atoms with Gasteiger partial charge in [0.1, 0.15) is 12.1 Å². The Balaban J connectivity index is 1.84. The lowest BCUT2D eigenvalue weighted by Crippen LogP contribution is -2.62. The molecule has 3 rings (SSSR count). The summed E-state index contributed by atoms with van der Waals surface area (Å²) < 4.78 is 27.1. The molecule has 0 aromatic carbocycles. The second kappa shape index (κ2) is 9.44. The van der Waals surface area contributed by atoms with Gasteiger partial charge in [-0.05, 0) is 49.9 Å². The number of carbonyl (C=O) groups excluding carboxylic acids is 5. The van der Waals surface area contributed by atoms with E-state index < -0.39 is 83.3 Å². The van der Waals surface area contributed by atoms with Crippen molar-refractivity contribution < 1.29 is 32.8 Å². The Morgan fingerprint density at radius 1 is 1.03 bits per heavy atom. The Bertz CT molecular complexity index is 1030. The molecule has 6 atom stereocenters. The number of rotatable bonds is 8. The van der Waals surface area contributed by atoms with E-state index in [0.717, 1.165) is 0 Å². The van der Waals surface area contributed by atoms with Crippen molar-refractivity contribution in [1.82, 2.24) is 20.9 Å². The van der Waals surface area contributed by atoms with Crippen LogP contribution in [-0.4, -0.2) is 70.6 Å². The first-order chi connectivity index (χ1) is 17.1. The van der Waals surface area contributed by atoms with Crippen molar-refractivity contribution in [2.24, 2.45) is 34.3 Å². The minimum Gasteiger partial charge on any atom is -0.363 e. The van der Waals surface area contributed by atoms with E-state index in [4.69, 9.17) is 5.73 Å². The van der Waals surface area contributed by atoms with Crippen molar-refractivity contribution in [3.05, 3.63) is 0 Å². The van der Waals surface area contributed by atoms with E-state index in [1.54, 1.807) is 41.5 Å². The molecule has 3 aliphatic rings. The van der Waals surface area contributed by atoms with Crippen LogP contribution >= 0.6 is 0 Å². The minimum absolute atomic E-state index is 0.00396. The summed E-state index contributed by atoms with van der Waals surface area (Å²) in [4.78, 5) is 65.5. The number of primary amides is 1. The van der Waals surface area contributed by atoms with E-state index in [2.05, 4.69) is 16.0 Å². The lowest BCUT2D eigenvalue weighted by Gasteiger charge is -2.38. The average molecular weight is 542 g/mol. The van der Waals surface area contributed by atoms with E-state index in [9.17, 15) is 32.8 Å². The minimum atomic E-state index is -2.96. The fraction of sp³-hybridized carbons (Fsp3) is 0.808. The molecule has 1 heterocycles. The fourth-order valence-corrected chi connectivity index (χ4v) is 5.61. The standard InChI is InChI=1S/C26H41F2N5O5/c1-23(2,3)18(31-22(38)32-24(4,5)6)21(37)33-11-13-15(25(13,7)8)16(33)20(36)30-14(17(34)19(29)35)9-12-10-26(12,27)28/h12-16,18H,9-11H2,1-8H3,(H2,29,35)(H,30,36)(H2,31,32,38)/t12?,13-,14?,15-,16?,18?/m0/s1. The van der Waals surface area contributed by atoms with Crippen LogP contribution in [0.5, 0.6) is 0 Å². The van der Waals surface area contributed by atoms with Gasteiger partial charge in [-0.1, -0.05) is 34.6 Å². The summed E-state index contributed by atoms with van der Waals surface area (Å²) >= 11 is 0. The molecule has 2 aliphatic carbocycles. The molecule has 12 heteroatoms. The smallest absolute Gasteiger partial charge is 0.315 e. The van der Waals surface area contributed by atoms with Crippen LogP contribution in [0.2, 0.25) is 0 Å². The van der Waals surface area contributed by atoms with Gasteiger partial charge in [0, 0.05) is 24.4 Å². The number of halogens is 2. The van der Waals surface area contributed by atoms with Crippen LogP contribution < -0.4 is 21.7 Å². The van der Waals surface area contributed by atoms with Crippen molar-refractivity contribution in [3.8, 4) is 0 Å². The molecule has 1 saturated heterocycles. The summed E-state index contributed by atoms with van der Waals surface area (Å²) in [5.41, 5.74) is 3.60. The zero-order valence-corrected chi connectivity index (χ0v) is 23.4. The molecule has 0 aromatic heterocycles. The number of nitrogens with zero attached hydrogens (tertiary/aromatic N) is 1. The maximum atomic E-state index is 13.8. The van der Waals surface area contributed by atoms with Crippen LogP contribution in [-0.2, 0) is 19.2 Å². The van der Waals surface area contributed by atoms with E-state index in [0.29, 0.717) is 0 Å². The third-order valence-electron chi connectivity index (χ3n) is 7.99. The molecular weight excluding hydrogens is 500 g/mol. The van der Waals surface area contributed by atoms with Crippen LogP contribution in [0, 0.1) is 28.6 Å². The first-order valence-corrected chi connectivity index (χ1v) is 13.0. The third-order valence-corrected chi connectivity index (χ3v) is 7.99. The number of nitrogens with two attached hydrogens (primary N) is 1. The Kier molecular flexibility index (Phi) is 7.40. The largest absolute Gasteiger partial charge is 0.363 e. The molecule has 3 fully saturated rings. The zero-order chi connectivity index (χ0) is 29.2. The second-order valence-electron chi connectivity index (χ2n) is 13.7. The number of hydrogen-bond donors (Lipinski definition) is 4. The van der Waals surface area contributed by atoms with E-state index in [-0.39, 0.29) is 23.8 Å². The number of fused-ring (bicyclic) bond motifs is 1. The van der Waals surface area contributed by atoms with Crippen molar-refractivity contribution >= 4 is 29.5 Å². The molecule has 0 spiro atoms. The van der Waals surface area contributed by atoms with Gasteiger partial charge in [-0.15, -0.1) is 0 Å². The van der Waals surface area contributed by atoms with Crippen LogP contribution in [0.1, 0.15) is 68.2 Å². The van der Waals surface area contributed by atoms with Crippen molar-refractivity contribution in [2.75, 3.05) is 6.54 Å². The molecule has 10 nitrogen and oxygen atoms in total. The number of hydrogen-bond acceptors (Lipinski definition) is 5. The van der Waals surface area contributed by atoms with Gasteiger partial charge >= 0.3 is 6.03 Å². The van der Waals surface area contributed by atoms with E-state index in [1.807, 2.05) is 13.8 Å². The number of urea groups is 1. The van der Waals surface area contributed by atoms with Gasteiger partial charge in [-0.3, -0.25) is 19.2 Å². The maximum absolute atomic E-state index is 13.8. The predicted molar refractivity (Wildman–Crippen MR) is 135 cm³/mol. The lowest BCUT2D eigenvalue weighted by atomic mass is 9.85. The molecule has 214 valence electrons. The SMILES string of the molecule is CC(C)(C)NC(=O)NC(C(=O)N1C[C@H]2[C@@H](C1C(=O)NC(CC1CC1(F)F)C(=O)C(N)=O)C2(C)C)C(C)(C)C. The van der Waals surface area contributed by atoms with E-state index in [1.165, 1.54) is 4.90 Å². The van der Waals surface area contributed by atoms with E-state index >= 15 is 0 Å². The Hall–Kier alpha value is -2.79. The fourth-order valence-electron chi connectivity index (χ4n) is 5.61. The van der Waals surface area contributed by atoms with Gasteiger partial charge in [-0.2, -0.15) is 0 Å². The van der Waals surface area contributed by atoms with Crippen molar-refractivity contribution in [3.63, 3.8) is 0 Å². The molecule has 38 heavy (non-hydrogen) atoms. The van der Waals surface area contributed by atoms with Crippen LogP contribution in [0.25, 0.3) is 0 Å². The quantitative estimate of drug-likeness (QED) is 0.344. The summed E-state index contributed by atoms with van der Waals surface area (Å²) in [6.45, 7) is 15.0. The zero-order valence-electron chi connectivity index (χ0n) is 23.4. The van der Waals surface area contributed by atoms with Gasteiger partial charge in [0.05, 0.1) is 6.04 Å². The van der Waals surface area contributed by atoms with Gasteiger partial charge in [0.2, 0.25) is 17.6 Å². The first kappa shape index (κ1) is 29.8. The summed E-state index contributed by atoms with van der Waals surface area (Å²) in [6, 6.07) is -4.02. The molecule has 2 saturated carbocycles. The number of Topliss-reactive ketones (excluding diaryl/α,β-unsaturated/α-hetero) is 1. The predicted octanol–water partition coefficient (Wildman–Crippen LogP) is 1.57. The number of piperidine rings is 1. The highest BCUT2D eigenvalue weighted by molar-refractivity contribution is 6.37. The molecule has 0 bridgehead atoms. The summed E-state index contributed by atoms with van der Waals surface area (Å²) in [6.07, 6.45) is -0.857. The highest BCUT2D eigenvalue weighted by Crippen LogP contribution is 2.65. The third kappa shape index (κ3) is 6.09. The van der Waals surface area contributed by atoms with Crippen LogP contribution in [0.15, 0.2) is 0 Å². The highest BCUT2D eigenvalue weighted by atomic mass is 19.3. The summed E-state index contributed by atoms with van der Waals surface area (Å²) in [5, 5.41) is 7.98. The van der Waals surface area contributed by atoms with Gasteiger partial charge in [-0.25, -0.2) is 13.6 Å². The molecule has 5 amide bonds. The number of ketones is 1. The normalized spacial score (nSPS) is 28.4. The maximum Gasteiger partial charge on any atom is 0.315 e. The number of nitrogens with one attached hydrogen (secondary N) is 3. The van der Waals surface area contributed by atoms with Crippen molar-refractivity contribution in [2.45, 2.75) is 97.8 Å². The molecule has 1 aliphatic heterocycles. The lowest BCUT2D eigenvalue weighted by molar-refractivity contribution is -0.145. The second-order valence-corrected chi connectivity index (χ2v) is 13.7. The van der Waals surface area contributed by atoms with Gasteiger partial charge < -0.3 is 26.6 Å². The van der Waals surface area contributed by atoms with Crippen LogP contribution in [0.3, 0.4) is 0 Å². The number of amides is 5. The van der Waals surface area contributed by atoms with Gasteiger partial charge in [0.15, 0.2) is 0 Å². The molecular formula is C26H41F2N5O5. The topological polar surface area (TPSA) is 151 Å². The summed E-state index contributed by atoms with van der Waals surface area (Å²) in [7, 11) is 0. The van der Waals surface area contributed by atoms with Crippen molar-refractivity contribution in [1.29, 1.82) is 0 Å². The number of likely N-dealkylation sites (tertiary alicyclic amines) is 1. The highest BCUT2D eigenvalue weighted by Gasteiger charge is 2.70. The Morgan fingerprint density at radius 2 is 1.58 bits per heavy atom. The monoisotopic (exact) mass is 541 g/mol. The molecule has 0 aromatic rings. The molecule has 0 radical (unpaired) electrons. The number of carbonyl (C=O) groups is 5. The first-order valence-electron chi connectivity index (χ1n) is 13.0. The molecule has 4 unspecified atom stereocenters. The molecule has 5 N–H and O–H groups in total. The number of alkyl halides is 2. The van der Waals surface area contributed by atoms with Crippen LogP contribution in [0.4, 0.5) is 13.6 Å². The average Bonchev–Trinajstić information content (AvgIpc) is 3.39. The van der Waals surface area contributed by atoms with Gasteiger partial charge in [0.25, 0.3) is 11.8 Å². The Labute approximate surface area is 222 Å². The summed E-state index contributed by atoms with van der Waals surface area (Å²) in [5.74, 6) is -7.98.